The Morgan fingerprint density at radius 1 is 0.259 bits per heavy atom. The number of alkyl halides is 18. The summed E-state index contributed by atoms with van der Waals surface area (Å²) >= 11 is -8.45. The van der Waals surface area contributed by atoms with Gasteiger partial charge in [0.15, 0.2) is 0 Å². The first-order valence-electron chi connectivity index (χ1n) is 5.61. The van der Waals surface area contributed by atoms with Crippen LogP contribution >= 0.6 is 0 Å². The Hall–Kier alpha value is -0.325. The van der Waals surface area contributed by atoms with Crippen LogP contribution in [0.4, 0.5) is 79.0 Å². The van der Waals surface area contributed by atoms with Crippen molar-refractivity contribution in [2.75, 3.05) is 0 Å². The first kappa shape index (κ1) is 26.7. The first-order chi connectivity index (χ1) is 11.2. The molecule has 0 aliphatic heterocycles. The van der Waals surface area contributed by atoms with Gasteiger partial charge in [-0.2, -0.15) is 0 Å². The molecule has 0 unspecified atom stereocenters. The van der Waals surface area contributed by atoms with Crippen LogP contribution in [0.2, 0.25) is 5.85 Å². The second-order valence-electron chi connectivity index (χ2n) is 4.97. The van der Waals surface area contributed by atoms with E-state index in [1.807, 2.05) is 0 Å². The Kier molecular flexibility index (Phi) is 6.52. The zero-order valence-electron chi connectivity index (χ0n) is 11.5. The van der Waals surface area contributed by atoms with Gasteiger partial charge in [-0.15, -0.1) is 0 Å². The molecule has 0 radical (unpaired) electrons. The summed E-state index contributed by atoms with van der Waals surface area (Å²) in [5.41, 5.74) is 0. The van der Waals surface area contributed by atoms with Crippen LogP contribution in [0.3, 0.4) is 0 Å². The van der Waals surface area contributed by atoms with Gasteiger partial charge in [0.05, 0.1) is 0 Å². The van der Waals surface area contributed by atoms with Gasteiger partial charge in [-0.25, -0.2) is 0 Å². The van der Waals surface area contributed by atoms with E-state index in [1.165, 1.54) is 0 Å². The summed E-state index contributed by atoms with van der Waals surface area (Å²) in [7, 11) is 0. The topological polar surface area (TPSA) is 0 Å². The Labute approximate surface area is 147 Å². The third-order valence-corrected chi connectivity index (χ3v) is 16.9. The van der Waals surface area contributed by atoms with E-state index in [9.17, 15) is 79.0 Å². The molecule has 0 aliphatic carbocycles. The van der Waals surface area contributed by atoms with Crippen molar-refractivity contribution < 1.29 is 104 Å². The number of hydrogen-bond acceptors (Lipinski definition) is 0. The monoisotopic (exact) mass is 640 g/mol. The van der Waals surface area contributed by atoms with Gasteiger partial charge in [-0.3, -0.25) is 0 Å². The molecule has 0 atom stereocenters. The normalized spacial score (nSPS) is 16.4. The zero-order valence-corrected chi connectivity index (χ0v) is 17.0. The first-order valence-corrected chi connectivity index (χ1v) is 11.1. The van der Waals surface area contributed by atoms with E-state index in [0.29, 0.717) is 0 Å². The summed E-state index contributed by atoms with van der Waals surface area (Å²) in [5, 5.41) is 0. The fourth-order valence-corrected chi connectivity index (χ4v) is 9.73. The van der Waals surface area contributed by atoms with E-state index < -0.39 is 67.5 Å². The molecule has 0 nitrogen and oxygen atoms in total. The molecule has 0 aromatic heterocycles. The predicted octanol–water partition coefficient (Wildman–Crippen LogP) is 6.76. The third-order valence-electron chi connectivity index (χ3n) is 3.43. The average molecular weight is 639 g/mol. The van der Waals surface area contributed by atoms with E-state index in [4.69, 9.17) is 0 Å². The van der Waals surface area contributed by atoms with Crippen LogP contribution in [0.1, 0.15) is 0 Å². The van der Waals surface area contributed by atoms with Gasteiger partial charge in [0.1, 0.15) is 0 Å². The molecule has 0 saturated carbocycles. The van der Waals surface area contributed by atoms with Crippen LogP contribution in [0.5, 0.6) is 0 Å². The van der Waals surface area contributed by atoms with Crippen molar-refractivity contribution in [3.63, 3.8) is 0 Å². The Morgan fingerprint density at radius 2 is 0.370 bits per heavy atom. The van der Waals surface area contributed by atoms with Crippen molar-refractivity contribution in [2.45, 2.75) is 42.9 Å². The minimum absolute atomic E-state index is 7.77. The molecule has 0 heterocycles. The summed E-state index contributed by atoms with van der Waals surface area (Å²) in [6.07, 6.45) is -47.8. The fourth-order valence-electron chi connectivity index (χ4n) is 1.96. The fraction of sp³-hybridized carbons (Fsp3) is 1.00. The summed E-state index contributed by atoms with van der Waals surface area (Å²) < 4.78 is 211. The van der Waals surface area contributed by atoms with E-state index in [0.717, 1.165) is 0 Å². The molecule has 0 N–H and O–H groups in total. The molecule has 0 saturated heterocycles. The Bertz CT molecular complexity index is 398. The molecule has 0 rings (SSSR count). The standard InChI is InChI=1S/2C4F9.Hg/c2*5-2(6,7)1(3(8,9)10)4(11,12)13;. The average Bonchev–Trinajstić information content (AvgIpc) is 2.16. The van der Waals surface area contributed by atoms with Gasteiger partial charge in [-0.05, 0) is 0 Å². The summed E-state index contributed by atoms with van der Waals surface area (Å²) in [4.78, 5) is 0. The van der Waals surface area contributed by atoms with Gasteiger partial charge in [0, 0.05) is 0 Å². The van der Waals surface area contributed by atoms with Gasteiger partial charge >= 0.3 is 147 Å². The van der Waals surface area contributed by atoms with Crippen molar-refractivity contribution in [1.82, 2.24) is 0 Å². The van der Waals surface area contributed by atoms with Crippen LogP contribution in [0.15, 0.2) is 0 Å². The number of hydrogen-bond donors (Lipinski definition) is 0. The van der Waals surface area contributed by atoms with Crippen molar-refractivity contribution in [1.29, 1.82) is 0 Å². The Morgan fingerprint density at radius 3 is 0.444 bits per heavy atom. The Balaban J connectivity index is 7.45. The number of halogens is 18. The predicted molar refractivity (Wildman–Crippen MR) is 41.7 cm³/mol. The molecule has 0 spiro atoms. The van der Waals surface area contributed by atoms with E-state index >= 15 is 0 Å². The van der Waals surface area contributed by atoms with Crippen LogP contribution < -0.4 is 0 Å². The molecular weight excluding hydrogens is 639 g/mol. The molecule has 0 aromatic rings. The summed E-state index contributed by atoms with van der Waals surface area (Å²) in [6.45, 7) is 0. The van der Waals surface area contributed by atoms with Gasteiger partial charge in [0.2, 0.25) is 0 Å². The molecule has 19 heteroatoms. The third kappa shape index (κ3) is 4.04. The molecule has 0 aliphatic rings. The molecular formula is C8F18Hg. The maximum absolute atomic E-state index is 12.6. The van der Waals surface area contributed by atoms with E-state index in [2.05, 4.69) is 0 Å². The van der Waals surface area contributed by atoms with Gasteiger partial charge < -0.3 is 0 Å². The van der Waals surface area contributed by atoms with Crippen LogP contribution in [-0.2, 0) is 24.6 Å². The minimum atomic E-state index is -8.45. The molecule has 160 valence electrons. The van der Waals surface area contributed by atoms with E-state index in [1.54, 1.807) is 0 Å². The van der Waals surface area contributed by atoms with Crippen molar-refractivity contribution in [3.05, 3.63) is 0 Å². The second kappa shape index (κ2) is 6.60. The molecule has 0 amide bonds. The molecule has 0 aromatic carbocycles. The molecule has 0 bridgehead atoms. The van der Waals surface area contributed by atoms with E-state index in [-0.39, 0.29) is 0 Å². The van der Waals surface area contributed by atoms with Crippen LogP contribution in [0, 0.1) is 0 Å². The zero-order chi connectivity index (χ0) is 22.7. The maximum atomic E-state index is 12.6. The van der Waals surface area contributed by atoms with Gasteiger partial charge in [-0.1, -0.05) is 0 Å². The van der Waals surface area contributed by atoms with Crippen molar-refractivity contribution in [3.8, 4) is 0 Å². The SMILES string of the molecule is FC(F)(F)[C]([Hg][C](C(F)(F)F)(C(F)(F)F)C(F)(F)F)(C(F)(F)F)C(F)(F)F. The van der Waals surface area contributed by atoms with Crippen LogP contribution in [0.25, 0.3) is 0 Å². The van der Waals surface area contributed by atoms with Gasteiger partial charge in [0.25, 0.3) is 0 Å². The van der Waals surface area contributed by atoms with Crippen molar-refractivity contribution in [2.24, 2.45) is 0 Å². The second-order valence-corrected chi connectivity index (χ2v) is 14.6. The summed E-state index contributed by atoms with van der Waals surface area (Å²) in [5.74, 6) is 0. The molecule has 0 fully saturated rings. The molecule has 27 heavy (non-hydrogen) atoms. The summed E-state index contributed by atoms with van der Waals surface area (Å²) in [6, 6.07) is 0. The van der Waals surface area contributed by atoms with Crippen LogP contribution in [-0.4, -0.2) is 37.1 Å². The number of rotatable bonds is 2. The quantitative estimate of drug-likeness (QED) is 0.232. The van der Waals surface area contributed by atoms with Crippen molar-refractivity contribution >= 4 is 0 Å².